The van der Waals surface area contributed by atoms with E-state index in [9.17, 15) is 13.2 Å². The Morgan fingerprint density at radius 1 is 1.37 bits per heavy atom. The largest absolute Gasteiger partial charge is 0.481 e. The molecule has 1 saturated heterocycles. The van der Waals surface area contributed by atoms with Gasteiger partial charge >= 0.3 is 5.97 Å². The van der Waals surface area contributed by atoms with Crippen LogP contribution in [0.3, 0.4) is 0 Å². The maximum atomic E-state index is 12.5. The van der Waals surface area contributed by atoms with E-state index in [2.05, 4.69) is 0 Å². The summed E-state index contributed by atoms with van der Waals surface area (Å²) >= 11 is 0. The predicted octanol–water partition coefficient (Wildman–Crippen LogP) is 0.538. The molecule has 3 unspecified atom stereocenters. The third kappa shape index (κ3) is 2.93. The van der Waals surface area contributed by atoms with Crippen LogP contribution in [0.2, 0.25) is 0 Å². The molecular weight excluding hydrogens is 270 g/mol. The molecule has 2 fully saturated rings. The lowest BCUT2D eigenvalue weighted by Gasteiger charge is -2.23. The average molecular weight is 291 g/mol. The molecule has 1 aliphatic heterocycles. The van der Waals surface area contributed by atoms with Crippen molar-refractivity contribution in [3.05, 3.63) is 0 Å². The minimum atomic E-state index is -3.49. The Kier molecular flexibility index (Phi) is 4.47. The van der Waals surface area contributed by atoms with Gasteiger partial charge < -0.3 is 9.84 Å². The molecule has 1 aliphatic carbocycles. The third-order valence-corrected chi connectivity index (χ3v) is 6.54. The summed E-state index contributed by atoms with van der Waals surface area (Å²) in [6.07, 6.45) is 2.40. The van der Waals surface area contributed by atoms with Crippen molar-refractivity contribution in [2.75, 3.05) is 26.8 Å². The first-order valence-electron chi connectivity index (χ1n) is 6.67. The van der Waals surface area contributed by atoms with Crippen LogP contribution in [0.15, 0.2) is 0 Å². The van der Waals surface area contributed by atoms with Crippen LogP contribution in [-0.4, -0.2) is 55.9 Å². The highest BCUT2D eigenvalue weighted by Gasteiger charge is 2.45. The summed E-state index contributed by atoms with van der Waals surface area (Å²) in [6, 6.07) is 0. The van der Waals surface area contributed by atoms with E-state index in [4.69, 9.17) is 9.84 Å². The van der Waals surface area contributed by atoms with Gasteiger partial charge in [-0.1, -0.05) is 6.42 Å². The van der Waals surface area contributed by atoms with E-state index < -0.39 is 27.2 Å². The van der Waals surface area contributed by atoms with E-state index in [0.717, 1.165) is 6.42 Å². The van der Waals surface area contributed by atoms with E-state index in [1.54, 1.807) is 7.11 Å². The van der Waals surface area contributed by atoms with Gasteiger partial charge in [-0.05, 0) is 25.2 Å². The number of nitrogens with zero attached hydrogens (tertiary/aromatic N) is 1. The van der Waals surface area contributed by atoms with Crippen molar-refractivity contribution in [3.63, 3.8) is 0 Å². The maximum Gasteiger partial charge on any atom is 0.307 e. The Hall–Kier alpha value is -0.660. The van der Waals surface area contributed by atoms with Crippen LogP contribution in [-0.2, 0) is 19.6 Å². The number of methoxy groups -OCH3 is 1. The molecule has 0 spiro atoms. The highest BCUT2D eigenvalue weighted by atomic mass is 32.2. The molecule has 19 heavy (non-hydrogen) atoms. The number of hydrogen-bond donors (Lipinski definition) is 1. The number of hydrogen-bond acceptors (Lipinski definition) is 4. The number of rotatable bonds is 5. The highest BCUT2D eigenvalue weighted by Crippen LogP contribution is 2.35. The van der Waals surface area contributed by atoms with Crippen LogP contribution >= 0.6 is 0 Å². The molecule has 0 aromatic rings. The molecular formula is C12H21NO5S. The molecule has 3 atom stereocenters. The van der Waals surface area contributed by atoms with Gasteiger partial charge in [-0.3, -0.25) is 4.79 Å². The zero-order valence-electron chi connectivity index (χ0n) is 11.1. The molecule has 2 aliphatic rings. The molecule has 0 radical (unpaired) electrons. The van der Waals surface area contributed by atoms with Gasteiger partial charge in [0.15, 0.2) is 0 Å². The molecule has 0 amide bonds. The summed E-state index contributed by atoms with van der Waals surface area (Å²) in [5, 5.41) is 8.38. The monoisotopic (exact) mass is 291 g/mol. The lowest BCUT2D eigenvalue weighted by molar-refractivity contribution is -0.141. The second-order valence-corrected chi connectivity index (χ2v) is 7.58. The lowest BCUT2D eigenvalue weighted by atomic mass is 10.1. The molecule has 6 nitrogen and oxygen atoms in total. The summed E-state index contributed by atoms with van der Waals surface area (Å²) in [7, 11) is -1.88. The van der Waals surface area contributed by atoms with Gasteiger partial charge in [0, 0.05) is 20.2 Å². The Morgan fingerprint density at radius 3 is 2.74 bits per heavy atom. The summed E-state index contributed by atoms with van der Waals surface area (Å²) in [6.45, 7) is 1.50. The smallest absolute Gasteiger partial charge is 0.307 e. The van der Waals surface area contributed by atoms with E-state index in [0.29, 0.717) is 39.0 Å². The summed E-state index contributed by atoms with van der Waals surface area (Å²) in [5.74, 6) is -1.50. The Labute approximate surface area is 113 Å². The van der Waals surface area contributed by atoms with Crippen LogP contribution in [0, 0.1) is 11.8 Å². The Bertz CT molecular complexity index is 435. The Morgan fingerprint density at radius 2 is 2.11 bits per heavy atom. The molecule has 110 valence electrons. The van der Waals surface area contributed by atoms with Crippen LogP contribution < -0.4 is 0 Å². The van der Waals surface area contributed by atoms with Crippen LogP contribution in [0.5, 0.6) is 0 Å². The van der Waals surface area contributed by atoms with E-state index in [1.807, 2.05) is 0 Å². The average Bonchev–Trinajstić information content (AvgIpc) is 2.97. The molecule has 1 heterocycles. The number of carboxylic acids is 1. The normalized spacial score (nSPS) is 32.8. The highest BCUT2D eigenvalue weighted by molar-refractivity contribution is 7.89. The molecule has 7 heteroatoms. The van der Waals surface area contributed by atoms with Gasteiger partial charge in [0.25, 0.3) is 0 Å². The topological polar surface area (TPSA) is 83.9 Å². The standard InChI is InChI=1S/C12H21NO5S/c1-18-8-9-5-6-13(7-9)19(16,17)11-4-2-3-10(11)12(14)15/h9-11H,2-8H2,1H3,(H,14,15). The third-order valence-electron chi connectivity index (χ3n) is 4.16. The van der Waals surface area contributed by atoms with E-state index in [1.165, 1.54) is 4.31 Å². The second kappa shape index (κ2) is 5.76. The molecule has 0 bridgehead atoms. The molecule has 1 N–H and O–H groups in total. The van der Waals surface area contributed by atoms with Gasteiger partial charge in [0.05, 0.1) is 17.8 Å². The number of carbonyl (C=O) groups is 1. The number of carboxylic acid groups (broad SMARTS) is 1. The minimum Gasteiger partial charge on any atom is -0.481 e. The fourth-order valence-corrected chi connectivity index (χ4v) is 5.45. The second-order valence-electron chi connectivity index (χ2n) is 5.43. The number of aliphatic carboxylic acids is 1. The molecule has 0 aromatic heterocycles. The van der Waals surface area contributed by atoms with Crippen molar-refractivity contribution in [3.8, 4) is 0 Å². The first kappa shape index (κ1) is 14.7. The van der Waals surface area contributed by atoms with Gasteiger partial charge in [-0.2, -0.15) is 0 Å². The van der Waals surface area contributed by atoms with Crippen molar-refractivity contribution in [2.45, 2.75) is 30.9 Å². The lowest BCUT2D eigenvalue weighted by Crippen LogP contribution is -2.41. The SMILES string of the molecule is COCC1CCN(S(=O)(=O)C2CCCC2C(=O)O)C1. The zero-order valence-corrected chi connectivity index (χ0v) is 11.9. The number of ether oxygens (including phenoxy) is 1. The first-order valence-corrected chi connectivity index (χ1v) is 8.18. The van der Waals surface area contributed by atoms with E-state index in [-0.39, 0.29) is 5.92 Å². The molecule has 2 rings (SSSR count). The maximum absolute atomic E-state index is 12.5. The molecule has 0 aromatic carbocycles. The van der Waals surface area contributed by atoms with Gasteiger partial charge in [0.1, 0.15) is 0 Å². The van der Waals surface area contributed by atoms with Crippen LogP contribution in [0.4, 0.5) is 0 Å². The van der Waals surface area contributed by atoms with Crippen LogP contribution in [0.25, 0.3) is 0 Å². The zero-order chi connectivity index (χ0) is 14.0. The first-order chi connectivity index (χ1) is 8.96. The van der Waals surface area contributed by atoms with Crippen LogP contribution in [0.1, 0.15) is 25.7 Å². The van der Waals surface area contributed by atoms with Crippen molar-refractivity contribution < 1.29 is 23.1 Å². The fraction of sp³-hybridized carbons (Fsp3) is 0.917. The van der Waals surface area contributed by atoms with Gasteiger partial charge in [-0.25, -0.2) is 12.7 Å². The fourth-order valence-electron chi connectivity index (χ4n) is 3.16. The van der Waals surface area contributed by atoms with Crippen molar-refractivity contribution in [2.24, 2.45) is 11.8 Å². The van der Waals surface area contributed by atoms with Gasteiger partial charge in [-0.15, -0.1) is 0 Å². The van der Waals surface area contributed by atoms with Gasteiger partial charge in [0.2, 0.25) is 10.0 Å². The minimum absolute atomic E-state index is 0.226. The summed E-state index contributed by atoms with van der Waals surface area (Å²) < 4.78 is 31.6. The van der Waals surface area contributed by atoms with Crippen molar-refractivity contribution in [1.29, 1.82) is 0 Å². The Balaban J connectivity index is 2.08. The number of sulfonamides is 1. The summed E-state index contributed by atoms with van der Waals surface area (Å²) in [4.78, 5) is 11.1. The quantitative estimate of drug-likeness (QED) is 0.799. The molecule has 1 saturated carbocycles. The van der Waals surface area contributed by atoms with E-state index >= 15 is 0 Å². The summed E-state index contributed by atoms with van der Waals surface area (Å²) in [5.41, 5.74) is 0. The van der Waals surface area contributed by atoms with Crippen molar-refractivity contribution in [1.82, 2.24) is 4.31 Å². The predicted molar refractivity (Wildman–Crippen MR) is 69.2 cm³/mol. The van der Waals surface area contributed by atoms with Crippen molar-refractivity contribution >= 4 is 16.0 Å².